The first kappa shape index (κ1) is 13.6. The zero-order valence-electron chi connectivity index (χ0n) is 10.7. The number of nitriles is 2. The van der Waals surface area contributed by atoms with Crippen molar-refractivity contribution in [2.24, 2.45) is 5.92 Å². The van der Waals surface area contributed by atoms with E-state index in [1.165, 1.54) is 0 Å². The van der Waals surface area contributed by atoms with Gasteiger partial charge in [-0.25, -0.2) is 4.79 Å². The van der Waals surface area contributed by atoms with Gasteiger partial charge in [0.25, 0.3) is 0 Å². The molecule has 0 fully saturated rings. The molecule has 0 bridgehead atoms. The molecule has 6 nitrogen and oxygen atoms in total. The molecule has 0 saturated heterocycles. The predicted molar refractivity (Wildman–Crippen MR) is 70.1 cm³/mol. The van der Waals surface area contributed by atoms with Crippen molar-refractivity contribution in [3.8, 4) is 23.6 Å². The van der Waals surface area contributed by atoms with E-state index in [-0.39, 0.29) is 18.9 Å². The minimum atomic E-state index is -0.596. The Hall–Kier alpha value is -2.86. The summed E-state index contributed by atoms with van der Waals surface area (Å²) in [7, 11) is 0. The molecule has 2 aromatic rings. The minimum absolute atomic E-state index is 0.132. The average molecular weight is 268 g/mol. The van der Waals surface area contributed by atoms with Crippen LogP contribution >= 0.6 is 0 Å². The maximum absolute atomic E-state index is 11.7. The molecule has 1 aromatic carbocycles. The molecule has 0 N–H and O–H groups in total. The van der Waals surface area contributed by atoms with E-state index in [1.807, 2.05) is 24.3 Å². The van der Waals surface area contributed by atoms with E-state index in [1.54, 1.807) is 12.1 Å². The molecule has 0 aliphatic heterocycles. The molecule has 1 heterocycles. The Labute approximate surface area is 115 Å². The molecule has 20 heavy (non-hydrogen) atoms. The maximum Gasteiger partial charge on any atom is 0.437 e. The second kappa shape index (κ2) is 6.35. The predicted octanol–water partition coefficient (Wildman–Crippen LogP) is 1.95. The van der Waals surface area contributed by atoms with Gasteiger partial charge in [0, 0.05) is 12.0 Å². The van der Waals surface area contributed by atoms with Gasteiger partial charge in [0.05, 0.1) is 24.6 Å². The third kappa shape index (κ3) is 3.12. The summed E-state index contributed by atoms with van der Waals surface area (Å²) in [5.41, 5.74) is 0.703. The van der Waals surface area contributed by atoms with Gasteiger partial charge in [-0.1, -0.05) is 18.2 Å². The summed E-state index contributed by atoms with van der Waals surface area (Å²) < 4.78 is 6.20. The molecular formula is C14H12N4O2. The highest BCUT2D eigenvalue weighted by Gasteiger charge is 2.14. The lowest BCUT2D eigenvalue weighted by atomic mass is 10.1. The van der Waals surface area contributed by atoms with Crippen molar-refractivity contribution < 1.29 is 4.42 Å². The van der Waals surface area contributed by atoms with Crippen LogP contribution in [-0.4, -0.2) is 9.78 Å². The SMILES string of the molecule is N#CCC[C@@H](C#N)Cn1nc(-c2ccccc2)oc1=O. The smallest absolute Gasteiger partial charge is 0.388 e. The zero-order valence-corrected chi connectivity index (χ0v) is 10.7. The van der Waals surface area contributed by atoms with Crippen LogP contribution in [0.4, 0.5) is 0 Å². The van der Waals surface area contributed by atoms with Crippen molar-refractivity contribution in [3.63, 3.8) is 0 Å². The van der Waals surface area contributed by atoms with Crippen LogP contribution in [0.1, 0.15) is 12.8 Å². The normalized spacial score (nSPS) is 11.5. The van der Waals surface area contributed by atoms with Crippen molar-refractivity contribution in [3.05, 3.63) is 40.9 Å². The van der Waals surface area contributed by atoms with E-state index in [0.717, 1.165) is 4.68 Å². The van der Waals surface area contributed by atoms with Crippen LogP contribution in [0.25, 0.3) is 11.5 Å². The quantitative estimate of drug-likeness (QED) is 0.825. The third-order valence-electron chi connectivity index (χ3n) is 2.81. The van der Waals surface area contributed by atoms with E-state index in [4.69, 9.17) is 14.9 Å². The standard InChI is InChI=1S/C14H12N4O2/c15-8-4-5-11(9-16)10-18-14(19)20-13(17-18)12-6-2-1-3-7-12/h1-3,6-7,11H,4-5,10H2/t11-/m0/s1. The number of hydrogen-bond donors (Lipinski definition) is 0. The lowest BCUT2D eigenvalue weighted by molar-refractivity contribution is 0.430. The highest BCUT2D eigenvalue weighted by atomic mass is 16.4. The van der Waals surface area contributed by atoms with Gasteiger partial charge in [0.1, 0.15) is 0 Å². The fraction of sp³-hybridized carbons (Fsp3) is 0.286. The van der Waals surface area contributed by atoms with E-state index < -0.39 is 11.7 Å². The number of hydrogen-bond acceptors (Lipinski definition) is 5. The lowest BCUT2D eigenvalue weighted by Gasteiger charge is -2.04. The van der Waals surface area contributed by atoms with Crippen molar-refractivity contribution in [2.75, 3.05) is 0 Å². The Balaban J connectivity index is 2.19. The molecule has 0 spiro atoms. The number of rotatable bonds is 5. The summed E-state index contributed by atoms with van der Waals surface area (Å²) >= 11 is 0. The van der Waals surface area contributed by atoms with Gasteiger partial charge in [-0.2, -0.15) is 15.2 Å². The fourth-order valence-electron chi connectivity index (χ4n) is 1.76. The van der Waals surface area contributed by atoms with Crippen molar-refractivity contribution >= 4 is 0 Å². The molecule has 0 aliphatic rings. The summed E-state index contributed by atoms with van der Waals surface area (Å²) in [6, 6.07) is 13.1. The molecule has 0 radical (unpaired) electrons. The Morgan fingerprint density at radius 2 is 2.05 bits per heavy atom. The first-order valence-electron chi connectivity index (χ1n) is 6.14. The Morgan fingerprint density at radius 3 is 2.70 bits per heavy atom. The van der Waals surface area contributed by atoms with E-state index in [0.29, 0.717) is 12.0 Å². The van der Waals surface area contributed by atoms with Gasteiger partial charge in [-0.05, 0) is 18.6 Å². The van der Waals surface area contributed by atoms with Crippen molar-refractivity contribution in [1.29, 1.82) is 10.5 Å². The molecule has 0 amide bonds. The molecule has 6 heteroatoms. The van der Waals surface area contributed by atoms with Crippen molar-refractivity contribution in [2.45, 2.75) is 19.4 Å². The van der Waals surface area contributed by atoms with E-state index in [9.17, 15) is 4.79 Å². The topological polar surface area (TPSA) is 95.6 Å². The van der Waals surface area contributed by atoms with E-state index >= 15 is 0 Å². The summed E-state index contributed by atoms with van der Waals surface area (Å²) in [5, 5.41) is 21.6. The molecule has 0 unspecified atom stereocenters. The second-order valence-corrected chi connectivity index (χ2v) is 4.24. The van der Waals surface area contributed by atoms with Crippen LogP contribution in [-0.2, 0) is 6.54 Å². The number of nitrogens with zero attached hydrogens (tertiary/aromatic N) is 4. The van der Waals surface area contributed by atoms with Gasteiger partial charge in [0.15, 0.2) is 0 Å². The summed E-state index contributed by atoms with van der Waals surface area (Å²) in [5.74, 6) is -0.797. The van der Waals surface area contributed by atoms with Crippen LogP contribution in [0.2, 0.25) is 0 Å². The zero-order chi connectivity index (χ0) is 14.4. The average Bonchev–Trinajstić information content (AvgIpc) is 2.85. The van der Waals surface area contributed by atoms with Gasteiger partial charge < -0.3 is 4.42 Å². The van der Waals surface area contributed by atoms with Gasteiger partial charge >= 0.3 is 5.76 Å². The minimum Gasteiger partial charge on any atom is -0.388 e. The van der Waals surface area contributed by atoms with Crippen LogP contribution in [0.3, 0.4) is 0 Å². The van der Waals surface area contributed by atoms with Gasteiger partial charge in [-0.15, -0.1) is 5.10 Å². The Bertz CT molecular complexity index is 703. The van der Waals surface area contributed by atoms with Crippen LogP contribution in [0.15, 0.2) is 39.5 Å². The van der Waals surface area contributed by atoms with Crippen LogP contribution in [0, 0.1) is 28.6 Å². The molecule has 1 aromatic heterocycles. The monoisotopic (exact) mass is 268 g/mol. The Kier molecular flexibility index (Phi) is 4.31. The second-order valence-electron chi connectivity index (χ2n) is 4.24. The van der Waals surface area contributed by atoms with Crippen LogP contribution < -0.4 is 5.76 Å². The molecule has 0 aliphatic carbocycles. The van der Waals surface area contributed by atoms with Crippen molar-refractivity contribution in [1.82, 2.24) is 9.78 Å². The fourth-order valence-corrected chi connectivity index (χ4v) is 1.76. The molecular weight excluding hydrogens is 256 g/mol. The largest absolute Gasteiger partial charge is 0.437 e. The number of benzene rings is 1. The summed E-state index contributed by atoms with van der Waals surface area (Å²) in [6.45, 7) is 0.132. The lowest BCUT2D eigenvalue weighted by Crippen LogP contribution is -2.20. The highest BCUT2D eigenvalue weighted by Crippen LogP contribution is 2.15. The highest BCUT2D eigenvalue weighted by molar-refractivity contribution is 5.51. The first-order chi connectivity index (χ1) is 9.74. The number of aromatic nitrogens is 2. The first-order valence-corrected chi connectivity index (χ1v) is 6.14. The summed E-state index contributed by atoms with van der Waals surface area (Å²) in [6.07, 6.45) is 0.684. The molecule has 0 saturated carbocycles. The van der Waals surface area contributed by atoms with Gasteiger partial charge in [-0.3, -0.25) is 0 Å². The molecule has 2 rings (SSSR count). The van der Waals surface area contributed by atoms with E-state index in [2.05, 4.69) is 11.2 Å². The summed E-state index contributed by atoms with van der Waals surface area (Å²) in [4.78, 5) is 11.7. The van der Waals surface area contributed by atoms with Gasteiger partial charge in [0.2, 0.25) is 5.89 Å². The molecule has 100 valence electrons. The van der Waals surface area contributed by atoms with Crippen LogP contribution in [0.5, 0.6) is 0 Å². The third-order valence-corrected chi connectivity index (χ3v) is 2.81. The Morgan fingerprint density at radius 1 is 1.30 bits per heavy atom. The molecule has 1 atom stereocenters. The maximum atomic E-state index is 11.7.